The number of allylic oxidation sites excluding steroid dienone is 2. The highest BCUT2D eigenvalue weighted by Crippen LogP contribution is 2.47. The Bertz CT molecular complexity index is 1050. The number of carbonyl (C=O) groups excluding carboxylic acids is 2. The van der Waals surface area contributed by atoms with Crippen molar-refractivity contribution in [2.24, 2.45) is 0 Å². The van der Waals surface area contributed by atoms with Crippen LogP contribution in [0.5, 0.6) is 17.2 Å². The Kier molecular flexibility index (Phi) is 5.72. The van der Waals surface area contributed by atoms with E-state index in [9.17, 15) is 9.59 Å². The van der Waals surface area contributed by atoms with Gasteiger partial charge in [-0.3, -0.25) is 14.5 Å². The number of aryl methyl sites for hydroxylation is 1. The highest BCUT2D eigenvalue weighted by atomic mass is 16.5. The van der Waals surface area contributed by atoms with Gasteiger partial charge in [-0.1, -0.05) is 12.1 Å². The van der Waals surface area contributed by atoms with E-state index < -0.39 is 0 Å². The van der Waals surface area contributed by atoms with Crippen molar-refractivity contribution in [2.45, 2.75) is 38.5 Å². The molecule has 4 rings (SSSR count). The molecule has 1 heterocycles. The minimum atomic E-state index is -0.343. The largest absolute Gasteiger partial charge is 0.493 e. The van der Waals surface area contributed by atoms with E-state index >= 15 is 0 Å². The van der Waals surface area contributed by atoms with Crippen LogP contribution in [0.1, 0.15) is 42.7 Å². The molecule has 162 valence electrons. The first-order chi connectivity index (χ1) is 15.0. The summed E-state index contributed by atoms with van der Waals surface area (Å²) in [5.41, 5.74) is 4.24. The number of benzene rings is 2. The molecule has 2 aromatic rings. The minimum absolute atomic E-state index is 0.0159. The summed E-state index contributed by atoms with van der Waals surface area (Å²) in [6.07, 6.45) is 2.14. The van der Waals surface area contributed by atoms with Gasteiger partial charge < -0.3 is 14.2 Å². The van der Waals surface area contributed by atoms with Crippen LogP contribution in [-0.2, 0) is 9.59 Å². The number of ketones is 1. The summed E-state index contributed by atoms with van der Waals surface area (Å²) < 4.78 is 16.4. The highest BCUT2D eigenvalue weighted by molar-refractivity contribution is 6.07. The molecule has 0 N–H and O–H groups in total. The summed E-state index contributed by atoms with van der Waals surface area (Å²) in [6, 6.07) is 11.5. The Morgan fingerprint density at radius 3 is 2.26 bits per heavy atom. The Labute approximate surface area is 182 Å². The normalized spacial score (nSPS) is 18.7. The van der Waals surface area contributed by atoms with Crippen LogP contribution in [0, 0.1) is 6.92 Å². The van der Waals surface area contributed by atoms with Crippen LogP contribution in [0.25, 0.3) is 0 Å². The molecule has 31 heavy (non-hydrogen) atoms. The molecule has 0 saturated carbocycles. The molecule has 0 radical (unpaired) electrons. The second-order valence-corrected chi connectivity index (χ2v) is 7.92. The maximum atomic E-state index is 13.4. The van der Waals surface area contributed by atoms with Crippen molar-refractivity contribution in [1.82, 2.24) is 0 Å². The van der Waals surface area contributed by atoms with E-state index in [0.29, 0.717) is 30.1 Å². The highest BCUT2D eigenvalue weighted by Gasteiger charge is 2.40. The summed E-state index contributed by atoms with van der Waals surface area (Å²) in [5.74, 6) is 1.25. The number of methoxy groups -OCH3 is 3. The molecule has 6 heteroatoms. The van der Waals surface area contributed by atoms with Crippen LogP contribution < -0.4 is 19.1 Å². The maximum absolute atomic E-state index is 13.4. The third kappa shape index (κ3) is 3.67. The second-order valence-electron chi connectivity index (χ2n) is 7.92. The lowest BCUT2D eigenvalue weighted by molar-refractivity contribution is -0.119. The van der Waals surface area contributed by atoms with Crippen molar-refractivity contribution in [2.75, 3.05) is 26.2 Å². The summed E-state index contributed by atoms with van der Waals surface area (Å²) in [7, 11) is 4.67. The lowest BCUT2D eigenvalue weighted by atomic mass is 9.77. The number of carbonyl (C=O) groups is 2. The summed E-state index contributed by atoms with van der Waals surface area (Å²) in [4.78, 5) is 28.2. The van der Waals surface area contributed by atoms with E-state index in [2.05, 4.69) is 0 Å². The average Bonchev–Trinajstić information content (AvgIpc) is 2.77. The molecule has 1 amide bonds. The first-order valence-corrected chi connectivity index (χ1v) is 10.4. The van der Waals surface area contributed by atoms with Gasteiger partial charge in [-0.15, -0.1) is 0 Å². The second kappa shape index (κ2) is 8.46. The number of amides is 1. The molecule has 1 aliphatic carbocycles. The van der Waals surface area contributed by atoms with Gasteiger partial charge >= 0.3 is 0 Å². The molecule has 0 bridgehead atoms. The van der Waals surface area contributed by atoms with Gasteiger partial charge in [0.05, 0.1) is 21.3 Å². The molecule has 2 aromatic carbocycles. The van der Waals surface area contributed by atoms with Crippen molar-refractivity contribution in [1.29, 1.82) is 0 Å². The van der Waals surface area contributed by atoms with Crippen LogP contribution >= 0.6 is 0 Å². The topological polar surface area (TPSA) is 65.1 Å². The van der Waals surface area contributed by atoms with Crippen LogP contribution in [0.4, 0.5) is 5.69 Å². The van der Waals surface area contributed by atoms with Gasteiger partial charge in [-0.05, 0) is 55.2 Å². The van der Waals surface area contributed by atoms with E-state index in [-0.39, 0.29) is 24.0 Å². The number of nitrogens with zero attached hydrogens (tertiary/aromatic N) is 1. The number of rotatable bonds is 5. The lowest BCUT2D eigenvalue weighted by Gasteiger charge is -2.38. The fourth-order valence-electron chi connectivity index (χ4n) is 4.65. The predicted octanol–water partition coefficient (Wildman–Crippen LogP) is 4.55. The number of Topliss-reactive ketones (excluding diaryl/α,β-unsaturated/α-hetero) is 1. The van der Waals surface area contributed by atoms with Gasteiger partial charge in [0.25, 0.3) is 0 Å². The molecule has 1 aliphatic heterocycles. The van der Waals surface area contributed by atoms with Crippen LogP contribution in [0.3, 0.4) is 0 Å². The molecule has 6 nitrogen and oxygen atoms in total. The third-order valence-corrected chi connectivity index (χ3v) is 6.02. The van der Waals surface area contributed by atoms with Gasteiger partial charge in [-0.2, -0.15) is 0 Å². The minimum Gasteiger partial charge on any atom is -0.493 e. The average molecular weight is 421 g/mol. The Hall–Kier alpha value is -3.28. The molecule has 0 fully saturated rings. The fraction of sp³-hybridized carbons (Fsp3) is 0.360. The molecule has 0 spiro atoms. The van der Waals surface area contributed by atoms with Gasteiger partial charge in [-0.25, -0.2) is 0 Å². The third-order valence-electron chi connectivity index (χ3n) is 6.02. The zero-order chi connectivity index (χ0) is 22.1. The lowest BCUT2D eigenvalue weighted by Crippen LogP contribution is -2.40. The molecule has 0 saturated heterocycles. The molecular formula is C25H27NO5. The van der Waals surface area contributed by atoms with E-state index in [1.54, 1.807) is 26.2 Å². The first kappa shape index (κ1) is 21.0. The summed E-state index contributed by atoms with van der Waals surface area (Å²) >= 11 is 0. The Morgan fingerprint density at radius 1 is 0.935 bits per heavy atom. The summed E-state index contributed by atoms with van der Waals surface area (Å²) in [5, 5.41) is 0. The monoisotopic (exact) mass is 421 g/mol. The molecular weight excluding hydrogens is 394 g/mol. The zero-order valence-corrected chi connectivity index (χ0v) is 18.4. The van der Waals surface area contributed by atoms with Crippen molar-refractivity contribution >= 4 is 17.4 Å². The van der Waals surface area contributed by atoms with E-state index in [0.717, 1.165) is 34.5 Å². The van der Waals surface area contributed by atoms with Gasteiger partial charge in [0, 0.05) is 35.7 Å². The zero-order valence-electron chi connectivity index (χ0n) is 18.4. The van der Waals surface area contributed by atoms with Crippen LogP contribution in [-0.4, -0.2) is 33.0 Å². The van der Waals surface area contributed by atoms with E-state index in [1.807, 2.05) is 43.3 Å². The summed E-state index contributed by atoms with van der Waals surface area (Å²) in [6.45, 7) is 2.00. The number of anilines is 1. The van der Waals surface area contributed by atoms with Crippen molar-refractivity contribution in [3.05, 3.63) is 58.8 Å². The standard InChI is InChI=1S/C25H27NO5/c1-15-7-5-8-17(11-15)26-19-9-6-10-20(27)24(19)18(14-23(26)28)16-12-21(29-2)25(31-4)22(13-16)30-3/h5,7-8,11-13,18H,6,9-10,14H2,1-4H3/t18-/m0/s1. The number of hydrogen-bond acceptors (Lipinski definition) is 5. The maximum Gasteiger partial charge on any atom is 0.232 e. The Morgan fingerprint density at radius 2 is 1.65 bits per heavy atom. The molecule has 0 unspecified atom stereocenters. The smallest absolute Gasteiger partial charge is 0.232 e. The molecule has 2 aliphatic rings. The van der Waals surface area contributed by atoms with Crippen molar-refractivity contribution in [3.63, 3.8) is 0 Å². The molecule has 1 atom stereocenters. The van der Waals surface area contributed by atoms with E-state index in [4.69, 9.17) is 14.2 Å². The fourth-order valence-corrected chi connectivity index (χ4v) is 4.65. The van der Waals surface area contributed by atoms with Crippen LogP contribution in [0.2, 0.25) is 0 Å². The predicted molar refractivity (Wildman–Crippen MR) is 118 cm³/mol. The number of ether oxygens (including phenoxy) is 3. The number of hydrogen-bond donors (Lipinski definition) is 0. The SMILES string of the molecule is COc1cc([C@@H]2CC(=O)N(c3cccc(C)c3)C3=C2C(=O)CCC3)cc(OC)c1OC. The van der Waals surface area contributed by atoms with Gasteiger partial charge in [0.1, 0.15) is 0 Å². The van der Waals surface area contributed by atoms with Crippen LogP contribution in [0.15, 0.2) is 47.7 Å². The van der Waals surface area contributed by atoms with E-state index in [1.165, 1.54) is 0 Å². The first-order valence-electron chi connectivity index (χ1n) is 10.4. The van der Waals surface area contributed by atoms with Gasteiger partial charge in [0.2, 0.25) is 11.7 Å². The van der Waals surface area contributed by atoms with Crippen molar-refractivity contribution in [3.8, 4) is 17.2 Å². The van der Waals surface area contributed by atoms with Gasteiger partial charge in [0.15, 0.2) is 17.3 Å². The molecule has 0 aromatic heterocycles. The Balaban J connectivity index is 1.88. The quantitative estimate of drug-likeness (QED) is 0.709. The van der Waals surface area contributed by atoms with Crippen molar-refractivity contribution < 1.29 is 23.8 Å².